The van der Waals surface area contributed by atoms with Gasteiger partial charge >= 0.3 is 5.69 Å². The molecule has 0 spiro atoms. The number of halogens is 1. The Hall–Kier alpha value is -1.21. The number of nitrogens with zero attached hydrogens (tertiary/aromatic N) is 3. The van der Waals surface area contributed by atoms with Gasteiger partial charge in [-0.2, -0.15) is 0 Å². The summed E-state index contributed by atoms with van der Waals surface area (Å²) in [7, 11) is 0. The Labute approximate surface area is 133 Å². The molecule has 2 heterocycles. The van der Waals surface area contributed by atoms with Gasteiger partial charge in [0, 0.05) is 24.8 Å². The summed E-state index contributed by atoms with van der Waals surface area (Å²) < 4.78 is 0.668. The molecule has 1 aliphatic heterocycles. The van der Waals surface area contributed by atoms with E-state index in [0.717, 1.165) is 19.5 Å². The molecule has 1 atom stereocenters. The maximum atomic E-state index is 11.3. The Morgan fingerprint density at radius 2 is 2.29 bits per heavy atom. The summed E-state index contributed by atoms with van der Waals surface area (Å²) in [5.74, 6) is 0. The molecule has 1 aromatic rings. The van der Waals surface area contributed by atoms with Gasteiger partial charge in [0.1, 0.15) is 11.9 Å². The third-order valence-electron chi connectivity index (χ3n) is 3.79. The first-order valence-corrected chi connectivity index (χ1v) is 8.08. The Morgan fingerprint density at radius 1 is 1.52 bits per heavy atom. The largest absolute Gasteiger partial charge is 0.361 e. The molecule has 6 nitrogen and oxygen atoms in total. The number of nitrogens with one attached hydrogen (secondary N) is 1. The van der Waals surface area contributed by atoms with Gasteiger partial charge in [-0.3, -0.25) is 15.1 Å². The smallest absolute Gasteiger partial charge is 0.311 e. The Balaban J connectivity index is 2.31. The summed E-state index contributed by atoms with van der Waals surface area (Å²) in [6.07, 6.45) is 6.47. The van der Waals surface area contributed by atoms with Crippen LogP contribution in [-0.2, 0) is 0 Å². The summed E-state index contributed by atoms with van der Waals surface area (Å²) in [6, 6.07) is 0.548. The number of pyridine rings is 1. The normalized spacial score (nSPS) is 18.8. The predicted molar refractivity (Wildman–Crippen MR) is 86.7 cm³/mol. The van der Waals surface area contributed by atoms with Gasteiger partial charge in [-0.05, 0) is 49.2 Å². The van der Waals surface area contributed by atoms with Crippen molar-refractivity contribution in [3.8, 4) is 0 Å². The maximum absolute atomic E-state index is 11.3. The van der Waals surface area contributed by atoms with Gasteiger partial charge in [-0.25, -0.2) is 0 Å². The van der Waals surface area contributed by atoms with Gasteiger partial charge in [-0.1, -0.05) is 6.42 Å². The molecule has 0 radical (unpaired) electrons. The third-order valence-corrected chi connectivity index (χ3v) is 4.37. The summed E-state index contributed by atoms with van der Waals surface area (Å²) in [5.41, 5.74) is 0.672. The zero-order valence-corrected chi connectivity index (χ0v) is 14.0. The number of hydrogen-bond donors (Lipinski definition) is 1. The van der Waals surface area contributed by atoms with E-state index in [4.69, 9.17) is 0 Å². The first-order valence-electron chi connectivity index (χ1n) is 7.28. The molecule has 0 amide bonds. The molecule has 116 valence electrons. The average Bonchev–Trinajstić information content (AvgIpc) is 2.45. The number of rotatable bonds is 5. The average molecular weight is 357 g/mol. The Morgan fingerprint density at radius 3 is 2.86 bits per heavy atom. The number of piperidine rings is 1. The van der Waals surface area contributed by atoms with Crippen LogP contribution in [0.15, 0.2) is 16.9 Å². The number of nitro groups is 1. The minimum absolute atomic E-state index is 0.0499. The fourth-order valence-corrected chi connectivity index (χ4v) is 3.26. The van der Waals surface area contributed by atoms with Crippen LogP contribution in [0.25, 0.3) is 0 Å². The monoisotopic (exact) mass is 356 g/mol. The van der Waals surface area contributed by atoms with E-state index >= 15 is 0 Å². The van der Waals surface area contributed by atoms with Crippen LogP contribution in [0.4, 0.5) is 11.4 Å². The van der Waals surface area contributed by atoms with E-state index < -0.39 is 0 Å². The highest BCUT2D eigenvalue weighted by Gasteiger charge is 2.27. The van der Waals surface area contributed by atoms with E-state index in [1.54, 1.807) is 6.20 Å². The maximum Gasteiger partial charge on any atom is 0.311 e. The molecular weight excluding hydrogens is 336 g/mol. The molecule has 0 aromatic carbocycles. The van der Waals surface area contributed by atoms with Crippen LogP contribution >= 0.6 is 15.9 Å². The van der Waals surface area contributed by atoms with E-state index in [-0.39, 0.29) is 16.7 Å². The lowest BCUT2D eigenvalue weighted by Gasteiger charge is -2.34. The van der Waals surface area contributed by atoms with E-state index in [1.165, 1.54) is 19.0 Å². The van der Waals surface area contributed by atoms with Crippen molar-refractivity contribution < 1.29 is 4.92 Å². The third kappa shape index (κ3) is 3.91. The van der Waals surface area contributed by atoms with Crippen molar-refractivity contribution >= 4 is 27.3 Å². The SMILES string of the molecule is CC(C)N(CC1CCCCN1)c1c(Br)cncc1[N+](=O)[O-]. The molecule has 0 saturated carbocycles. The first-order chi connectivity index (χ1) is 10.0. The molecular formula is C14H21BrN4O2. The van der Waals surface area contributed by atoms with Crippen LogP contribution in [0, 0.1) is 10.1 Å². The van der Waals surface area contributed by atoms with Crippen LogP contribution in [0.3, 0.4) is 0 Å². The minimum atomic E-state index is -0.364. The lowest BCUT2D eigenvalue weighted by atomic mass is 10.0. The minimum Gasteiger partial charge on any atom is -0.361 e. The van der Waals surface area contributed by atoms with Crippen molar-refractivity contribution in [3.63, 3.8) is 0 Å². The summed E-state index contributed by atoms with van der Waals surface area (Å²) in [6.45, 7) is 5.90. The topological polar surface area (TPSA) is 71.3 Å². The number of hydrogen-bond acceptors (Lipinski definition) is 5. The number of anilines is 1. The summed E-state index contributed by atoms with van der Waals surface area (Å²) in [4.78, 5) is 16.9. The second-order valence-corrected chi connectivity index (χ2v) is 6.49. The fourth-order valence-electron chi connectivity index (χ4n) is 2.71. The Kier molecular flexibility index (Phi) is 5.52. The van der Waals surface area contributed by atoms with Crippen molar-refractivity contribution in [2.24, 2.45) is 0 Å². The number of aromatic nitrogens is 1. The first kappa shape index (κ1) is 16.2. The van der Waals surface area contributed by atoms with Crippen molar-refractivity contribution in [1.82, 2.24) is 10.3 Å². The van der Waals surface area contributed by atoms with E-state index in [1.807, 2.05) is 0 Å². The van der Waals surface area contributed by atoms with Crippen molar-refractivity contribution in [3.05, 3.63) is 27.0 Å². The molecule has 1 unspecified atom stereocenters. The van der Waals surface area contributed by atoms with Crippen molar-refractivity contribution in [1.29, 1.82) is 0 Å². The highest BCUT2D eigenvalue weighted by atomic mass is 79.9. The molecule has 1 saturated heterocycles. The van der Waals surface area contributed by atoms with Crippen molar-refractivity contribution in [2.75, 3.05) is 18.0 Å². The molecule has 1 fully saturated rings. The second-order valence-electron chi connectivity index (χ2n) is 5.64. The van der Waals surface area contributed by atoms with Gasteiger partial charge in [0.25, 0.3) is 0 Å². The molecule has 2 rings (SSSR count). The highest BCUT2D eigenvalue weighted by Crippen LogP contribution is 2.36. The summed E-state index contributed by atoms with van der Waals surface area (Å²) >= 11 is 3.42. The zero-order chi connectivity index (χ0) is 15.4. The second kappa shape index (κ2) is 7.17. The molecule has 21 heavy (non-hydrogen) atoms. The van der Waals surface area contributed by atoms with Gasteiger partial charge in [-0.15, -0.1) is 0 Å². The van der Waals surface area contributed by atoms with Crippen molar-refractivity contribution in [2.45, 2.75) is 45.2 Å². The van der Waals surface area contributed by atoms with Gasteiger partial charge in [0.05, 0.1) is 9.40 Å². The lowest BCUT2D eigenvalue weighted by Crippen LogP contribution is -2.46. The molecule has 1 aliphatic rings. The standard InChI is InChI=1S/C14H21BrN4O2/c1-10(2)18(9-11-5-3-4-6-17-11)14-12(15)7-16-8-13(14)19(20)21/h7-8,10-11,17H,3-6,9H2,1-2H3. The van der Waals surface area contributed by atoms with Crippen LogP contribution in [0.1, 0.15) is 33.1 Å². The lowest BCUT2D eigenvalue weighted by molar-refractivity contribution is -0.384. The van der Waals surface area contributed by atoms with Gasteiger partial charge in [0.2, 0.25) is 0 Å². The van der Waals surface area contributed by atoms with E-state index in [9.17, 15) is 10.1 Å². The molecule has 0 aliphatic carbocycles. The predicted octanol–water partition coefficient (Wildman–Crippen LogP) is 3.11. The Bertz CT molecular complexity index is 504. The summed E-state index contributed by atoms with van der Waals surface area (Å²) in [5, 5.41) is 14.8. The van der Waals surface area contributed by atoms with Crippen LogP contribution in [0.2, 0.25) is 0 Å². The quantitative estimate of drug-likeness (QED) is 0.648. The molecule has 1 N–H and O–H groups in total. The van der Waals surface area contributed by atoms with E-state index in [2.05, 4.69) is 45.0 Å². The highest BCUT2D eigenvalue weighted by molar-refractivity contribution is 9.10. The van der Waals surface area contributed by atoms with Crippen LogP contribution < -0.4 is 10.2 Å². The molecule has 7 heteroatoms. The van der Waals surface area contributed by atoms with Gasteiger partial charge < -0.3 is 10.2 Å². The van der Waals surface area contributed by atoms with E-state index in [0.29, 0.717) is 16.2 Å². The van der Waals surface area contributed by atoms with Crippen LogP contribution in [0.5, 0.6) is 0 Å². The molecule has 0 bridgehead atoms. The molecule has 1 aromatic heterocycles. The fraction of sp³-hybridized carbons (Fsp3) is 0.643. The van der Waals surface area contributed by atoms with Crippen LogP contribution in [-0.4, -0.2) is 35.1 Å². The van der Waals surface area contributed by atoms with Gasteiger partial charge in [0.15, 0.2) is 0 Å². The zero-order valence-electron chi connectivity index (χ0n) is 12.4.